The van der Waals surface area contributed by atoms with Crippen LogP contribution in [0.5, 0.6) is 0 Å². The molecule has 0 spiro atoms. The smallest absolute Gasteiger partial charge is 0.115 e. The number of aromatic amines is 1. The van der Waals surface area contributed by atoms with Gasteiger partial charge in [-0.25, -0.2) is 4.98 Å². The topological polar surface area (TPSA) is 66.5 Å². The first-order chi connectivity index (χ1) is 20.8. The maximum atomic E-state index is 4.99. The Bertz CT molecular complexity index is 2110. The van der Waals surface area contributed by atoms with Gasteiger partial charge in [0.05, 0.1) is 16.6 Å². The Morgan fingerprint density at radius 1 is 0.837 bits per heavy atom. The van der Waals surface area contributed by atoms with Gasteiger partial charge in [-0.2, -0.15) is 0 Å². The van der Waals surface area contributed by atoms with E-state index in [1.54, 1.807) is 12.4 Å². The van der Waals surface area contributed by atoms with Gasteiger partial charge >= 0.3 is 0 Å². The molecule has 0 bridgehead atoms. The summed E-state index contributed by atoms with van der Waals surface area (Å²) in [7, 11) is 0. The van der Waals surface area contributed by atoms with Crippen LogP contribution in [0.15, 0.2) is 73.2 Å². The van der Waals surface area contributed by atoms with Crippen LogP contribution in [0.25, 0.3) is 66.9 Å². The van der Waals surface area contributed by atoms with Crippen molar-refractivity contribution in [2.45, 2.75) is 54.4 Å². The number of allylic oxidation sites excluding steroid dienone is 3. The maximum absolute atomic E-state index is 4.99. The zero-order chi connectivity index (χ0) is 30.4. The number of rotatable bonds is 7. The molecule has 0 fully saturated rings. The molecule has 6 rings (SSSR count). The molecule has 0 atom stereocenters. The maximum Gasteiger partial charge on any atom is 0.115 e. The van der Waals surface area contributed by atoms with Crippen molar-refractivity contribution in [3.05, 3.63) is 95.7 Å². The molecule has 5 nitrogen and oxygen atoms in total. The van der Waals surface area contributed by atoms with Crippen molar-refractivity contribution in [2.75, 3.05) is 5.32 Å². The van der Waals surface area contributed by atoms with E-state index in [2.05, 4.69) is 120 Å². The van der Waals surface area contributed by atoms with Gasteiger partial charge in [-0.3, -0.25) is 9.97 Å². The van der Waals surface area contributed by atoms with Crippen molar-refractivity contribution >= 4 is 61.5 Å². The van der Waals surface area contributed by atoms with Gasteiger partial charge in [0.15, 0.2) is 0 Å². The third-order valence-electron chi connectivity index (χ3n) is 8.46. The Kier molecular flexibility index (Phi) is 7.35. The normalized spacial score (nSPS) is 12.6. The van der Waals surface area contributed by atoms with E-state index in [1.165, 1.54) is 27.6 Å². The first-order valence-electron chi connectivity index (χ1n) is 15.1. The van der Waals surface area contributed by atoms with Crippen LogP contribution >= 0.6 is 0 Å². The number of anilines is 1. The summed E-state index contributed by atoms with van der Waals surface area (Å²) in [6.45, 7) is 19.3. The van der Waals surface area contributed by atoms with Gasteiger partial charge in [0, 0.05) is 45.9 Å². The molecule has 216 valence electrons. The summed E-state index contributed by atoms with van der Waals surface area (Å²) in [4.78, 5) is 18.0. The van der Waals surface area contributed by atoms with E-state index in [1.807, 2.05) is 6.08 Å². The summed E-state index contributed by atoms with van der Waals surface area (Å²) >= 11 is 0. The van der Waals surface area contributed by atoms with E-state index in [0.717, 1.165) is 61.0 Å². The fourth-order valence-corrected chi connectivity index (χ4v) is 6.19. The Morgan fingerprint density at radius 3 is 2.14 bits per heavy atom. The summed E-state index contributed by atoms with van der Waals surface area (Å²) in [6, 6.07) is 13.4. The minimum atomic E-state index is 0.283. The van der Waals surface area contributed by atoms with Gasteiger partial charge in [0.1, 0.15) is 11.3 Å². The quantitative estimate of drug-likeness (QED) is 0.189. The molecule has 2 N–H and O–H groups in total. The second-order valence-corrected chi connectivity index (χ2v) is 11.8. The van der Waals surface area contributed by atoms with E-state index < -0.39 is 0 Å². The fourth-order valence-electron chi connectivity index (χ4n) is 6.19. The van der Waals surface area contributed by atoms with Crippen molar-refractivity contribution in [1.82, 2.24) is 19.9 Å². The highest BCUT2D eigenvalue weighted by atomic mass is 14.9. The molecule has 4 aromatic carbocycles. The Balaban J connectivity index is 1.62. The fraction of sp³-hybridized carbons (Fsp3) is 0.237. The van der Waals surface area contributed by atoms with Gasteiger partial charge in [0.2, 0.25) is 0 Å². The highest BCUT2D eigenvalue weighted by molar-refractivity contribution is 6.21. The van der Waals surface area contributed by atoms with Crippen LogP contribution in [0, 0.1) is 12.8 Å². The molecule has 0 aliphatic carbocycles. The summed E-state index contributed by atoms with van der Waals surface area (Å²) < 4.78 is 0. The lowest BCUT2D eigenvalue weighted by Crippen LogP contribution is -2.08. The molecule has 0 aliphatic heterocycles. The molecular weight excluding hydrogens is 526 g/mol. The highest BCUT2D eigenvalue weighted by Crippen LogP contribution is 2.40. The second kappa shape index (κ2) is 11.1. The molecular formula is C38H39N5. The number of hydrogen-bond acceptors (Lipinski definition) is 4. The van der Waals surface area contributed by atoms with Crippen molar-refractivity contribution in [3.8, 4) is 11.1 Å². The van der Waals surface area contributed by atoms with E-state index in [-0.39, 0.29) is 5.92 Å². The molecule has 2 heterocycles. The first-order valence-corrected chi connectivity index (χ1v) is 15.1. The van der Waals surface area contributed by atoms with Gasteiger partial charge in [0.25, 0.3) is 0 Å². The van der Waals surface area contributed by atoms with Gasteiger partial charge < -0.3 is 10.3 Å². The lowest BCUT2D eigenvalue weighted by atomic mass is 9.89. The van der Waals surface area contributed by atoms with Crippen molar-refractivity contribution in [1.29, 1.82) is 0 Å². The summed E-state index contributed by atoms with van der Waals surface area (Å²) in [6.07, 6.45) is 12.0. The monoisotopic (exact) mass is 565 g/mol. The summed E-state index contributed by atoms with van der Waals surface area (Å²) in [5.41, 5.74) is 11.7. The van der Waals surface area contributed by atoms with E-state index in [4.69, 9.17) is 15.0 Å². The van der Waals surface area contributed by atoms with Gasteiger partial charge in [-0.05, 0) is 72.0 Å². The molecule has 0 amide bonds. The van der Waals surface area contributed by atoms with E-state index >= 15 is 0 Å². The number of benzene rings is 4. The average molecular weight is 566 g/mol. The number of imidazole rings is 1. The predicted octanol–water partition coefficient (Wildman–Crippen LogP) is 10.6. The molecule has 0 radical (unpaired) electrons. The lowest BCUT2D eigenvalue weighted by molar-refractivity contribution is 0.772. The molecule has 0 aliphatic rings. The van der Waals surface area contributed by atoms with Crippen LogP contribution in [0.1, 0.15) is 70.0 Å². The Hall–Kier alpha value is -4.77. The van der Waals surface area contributed by atoms with E-state index in [9.17, 15) is 0 Å². The Morgan fingerprint density at radius 2 is 1.51 bits per heavy atom. The van der Waals surface area contributed by atoms with Crippen LogP contribution in [0.4, 0.5) is 5.69 Å². The molecule has 0 saturated carbocycles. The van der Waals surface area contributed by atoms with Crippen molar-refractivity contribution < 1.29 is 0 Å². The van der Waals surface area contributed by atoms with Crippen LogP contribution in [0.3, 0.4) is 0 Å². The van der Waals surface area contributed by atoms with Crippen LogP contribution in [0.2, 0.25) is 0 Å². The summed E-state index contributed by atoms with van der Waals surface area (Å²) in [5.74, 6) is 1.63. The Labute approximate surface area is 253 Å². The van der Waals surface area contributed by atoms with Crippen LogP contribution in [-0.4, -0.2) is 19.9 Å². The molecule has 5 heteroatoms. The molecule has 0 saturated heterocycles. The number of hydrogen-bond donors (Lipinski definition) is 2. The number of nitrogens with one attached hydrogen (secondary N) is 2. The first kappa shape index (κ1) is 28.4. The minimum absolute atomic E-state index is 0.283. The summed E-state index contributed by atoms with van der Waals surface area (Å²) in [5, 5.41) is 8.29. The minimum Gasteiger partial charge on any atom is -0.358 e. The zero-order valence-corrected chi connectivity index (χ0v) is 26.1. The molecule has 6 aromatic rings. The highest BCUT2D eigenvalue weighted by Gasteiger charge is 2.19. The molecule has 0 unspecified atom stereocenters. The number of fused-ring (bicyclic) bond motifs is 7. The second-order valence-electron chi connectivity index (χ2n) is 11.8. The van der Waals surface area contributed by atoms with Crippen LogP contribution in [-0.2, 0) is 0 Å². The van der Waals surface area contributed by atoms with Crippen LogP contribution < -0.4 is 5.32 Å². The van der Waals surface area contributed by atoms with Gasteiger partial charge in [-0.15, -0.1) is 0 Å². The molecule has 2 aromatic heterocycles. The number of nitrogens with zero attached hydrogens (tertiary/aromatic N) is 3. The van der Waals surface area contributed by atoms with E-state index in [0.29, 0.717) is 5.92 Å². The van der Waals surface area contributed by atoms with Crippen molar-refractivity contribution in [3.63, 3.8) is 0 Å². The third kappa shape index (κ3) is 4.69. The lowest BCUT2D eigenvalue weighted by Gasteiger charge is -2.22. The zero-order valence-electron chi connectivity index (χ0n) is 26.1. The number of aromatic nitrogens is 4. The largest absolute Gasteiger partial charge is 0.358 e. The number of H-pyrrole nitrogens is 1. The third-order valence-corrected chi connectivity index (χ3v) is 8.46. The standard InChI is InChI=1S/C38H39N5/c1-9-12-27-26(10-2)23(8)33(41-32(11-3)21(4)5)28-15-13-24(19-30(27)28)25-14-16-29-31(20-25)34-36(40-18-17-39-34)37-35(29)42-38(43-37)22(6)7/h9-22,41H,2H2,1,3-8H3,(H,42,43)/b12-9-,32-11-. The predicted molar refractivity (Wildman–Crippen MR) is 185 cm³/mol. The van der Waals surface area contributed by atoms with Crippen molar-refractivity contribution in [2.24, 2.45) is 5.92 Å². The SMILES string of the molecule is C=Cc1c(C)c(N/C(=C\C)C(C)C)c2ccc(-c3ccc4c(c3)c3nccnc3c3[nH]c(C(C)C)nc43)cc2c1/C=C\C. The van der Waals surface area contributed by atoms with Gasteiger partial charge in [-0.1, -0.05) is 82.8 Å². The average Bonchev–Trinajstić information content (AvgIpc) is 3.47. The molecule has 43 heavy (non-hydrogen) atoms.